The van der Waals surface area contributed by atoms with Gasteiger partial charge in [-0.2, -0.15) is 0 Å². The lowest BCUT2D eigenvalue weighted by Crippen LogP contribution is -2.23. The van der Waals surface area contributed by atoms with Crippen LogP contribution >= 0.6 is 11.6 Å². The highest BCUT2D eigenvalue weighted by Crippen LogP contribution is 2.28. The van der Waals surface area contributed by atoms with E-state index < -0.39 is 0 Å². The summed E-state index contributed by atoms with van der Waals surface area (Å²) in [5.41, 5.74) is 0.774. The van der Waals surface area contributed by atoms with Gasteiger partial charge in [0, 0.05) is 0 Å². The van der Waals surface area contributed by atoms with Crippen molar-refractivity contribution in [1.29, 1.82) is 0 Å². The topological polar surface area (TPSA) is 9.23 Å². The zero-order valence-electron chi connectivity index (χ0n) is 8.80. The van der Waals surface area contributed by atoms with Crippen molar-refractivity contribution in [1.82, 2.24) is 0 Å². The van der Waals surface area contributed by atoms with Crippen LogP contribution in [-0.4, -0.2) is 5.60 Å². The van der Waals surface area contributed by atoms with Crippen LogP contribution in [0.25, 0.3) is 6.08 Å². The largest absolute Gasteiger partial charge is 0.487 e. The average molecular weight is 211 g/mol. The van der Waals surface area contributed by atoms with Gasteiger partial charge in [0.05, 0.1) is 5.02 Å². The third-order valence-corrected chi connectivity index (χ3v) is 1.90. The molecule has 1 aromatic carbocycles. The second kappa shape index (κ2) is 4.05. The fourth-order valence-electron chi connectivity index (χ4n) is 1.06. The molecule has 0 amide bonds. The number of rotatable bonds is 2. The van der Waals surface area contributed by atoms with Crippen molar-refractivity contribution in [3.63, 3.8) is 0 Å². The first kappa shape index (κ1) is 11.1. The number of hydrogen-bond donors (Lipinski definition) is 0. The Morgan fingerprint density at radius 3 is 2.43 bits per heavy atom. The minimum absolute atomic E-state index is 0.223. The van der Waals surface area contributed by atoms with Crippen LogP contribution in [0.1, 0.15) is 26.3 Å². The molecule has 2 heteroatoms. The van der Waals surface area contributed by atoms with Crippen LogP contribution in [0.5, 0.6) is 5.75 Å². The molecular formula is C12H15ClO. The SMILES string of the molecule is C=Cc1ccc(OC(C)(C)C)c(Cl)c1. The number of hydrogen-bond acceptors (Lipinski definition) is 1. The lowest BCUT2D eigenvalue weighted by Gasteiger charge is -2.22. The molecule has 0 aliphatic heterocycles. The monoisotopic (exact) mass is 210 g/mol. The summed E-state index contributed by atoms with van der Waals surface area (Å²) < 4.78 is 5.67. The maximum Gasteiger partial charge on any atom is 0.138 e. The fourth-order valence-corrected chi connectivity index (χ4v) is 1.28. The Morgan fingerprint density at radius 2 is 2.00 bits per heavy atom. The molecule has 1 rings (SSSR count). The molecule has 0 heterocycles. The zero-order valence-corrected chi connectivity index (χ0v) is 9.56. The van der Waals surface area contributed by atoms with Gasteiger partial charge in [-0.25, -0.2) is 0 Å². The Bertz CT molecular complexity index is 337. The summed E-state index contributed by atoms with van der Waals surface area (Å²) in [6.45, 7) is 9.65. The number of benzene rings is 1. The van der Waals surface area contributed by atoms with E-state index in [4.69, 9.17) is 16.3 Å². The van der Waals surface area contributed by atoms with Crippen molar-refractivity contribution >= 4 is 17.7 Å². The van der Waals surface area contributed by atoms with E-state index in [0.29, 0.717) is 10.8 Å². The second-order valence-corrected chi connectivity index (χ2v) is 4.52. The molecule has 0 aliphatic rings. The maximum atomic E-state index is 6.04. The van der Waals surface area contributed by atoms with E-state index >= 15 is 0 Å². The van der Waals surface area contributed by atoms with Gasteiger partial charge >= 0.3 is 0 Å². The molecule has 0 radical (unpaired) electrons. The third-order valence-electron chi connectivity index (χ3n) is 1.61. The first-order valence-electron chi connectivity index (χ1n) is 4.53. The fraction of sp³-hybridized carbons (Fsp3) is 0.333. The predicted molar refractivity (Wildman–Crippen MR) is 61.9 cm³/mol. The molecule has 0 saturated heterocycles. The molecule has 1 aromatic rings. The third kappa shape index (κ3) is 3.08. The van der Waals surface area contributed by atoms with E-state index in [9.17, 15) is 0 Å². The van der Waals surface area contributed by atoms with Crippen LogP contribution < -0.4 is 4.74 Å². The van der Waals surface area contributed by atoms with E-state index in [1.54, 1.807) is 6.08 Å². The van der Waals surface area contributed by atoms with Crippen molar-refractivity contribution < 1.29 is 4.74 Å². The van der Waals surface area contributed by atoms with Crippen LogP contribution in [0, 0.1) is 0 Å². The van der Waals surface area contributed by atoms with Crippen molar-refractivity contribution in [2.45, 2.75) is 26.4 Å². The Morgan fingerprint density at radius 1 is 1.36 bits per heavy atom. The molecule has 0 unspecified atom stereocenters. The normalized spacial score (nSPS) is 11.1. The van der Waals surface area contributed by atoms with Crippen molar-refractivity contribution in [2.24, 2.45) is 0 Å². The molecule has 76 valence electrons. The summed E-state index contributed by atoms with van der Waals surface area (Å²) in [6.07, 6.45) is 1.76. The van der Waals surface area contributed by atoms with E-state index in [0.717, 1.165) is 5.56 Å². The van der Waals surface area contributed by atoms with Gasteiger partial charge in [-0.05, 0) is 38.5 Å². The smallest absolute Gasteiger partial charge is 0.138 e. The van der Waals surface area contributed by atoms with Gasteiger partial charge in [0.1, 0.15) is 11.4 Å². The molecule has 0 spiro atoms. The number of ether oxygens (including phenoxy) is 1. The van der Waals surface area contributed by atoms with E-state index in [1.807, 2.05) is 39.0 Å². The summed E-state index contributed by atoms with van der Waals surface area (Å²) >= 11 is 6.04. The predicted octanol–water partition coefficient (Wildman–Crippen LogP) is 4.16. The molecule has 0 saturated carbocycles. The lowest BCUT2D eigenvalue weighted by atomic mass is 10.1. The Balaban J connectivity index is 2.95. The van der Waals surface area contributed by atoms with E-state index in [1.165, 1.54) is 0 Å². The van der Waals surface area contributed by atoms with Gasteiger partial charge in [-0.3, -0.25) is 0 Å². The molecule has 0 aliphatic carbocycles. The van der Waals surface area contributed by atoms with Crippen molar-refractivity contribution in [3.05, 3.63) is 35.4 Å². The van der Waals surface area contributed by atoms with Gasteiger partial charge < -0.3 is 4.74 Å². The molecule has 0 bridgehead atoms. The van der Waals surface area contributed by atoms with Gasteiger partial charge in [-0.1, -0.05) is 30.3 Å². The van der Waals surface area contributed by atoms with E-state index in [-0.39, 0.29) is 5.60 Å². The van der Waals surface area contributed by atoms with Gasteiger partial charge in [0.25, 0.3) is 0 Å². The Labute approximate surface area is 90.3 Å². The van der Waals surface area contributed by atoms with Gasteiger partial charge in [-0.15, -0.1) is 0 Å². The quantitative estimate of drug-likeness (QED) is 0.712. The average Bonchev–Trinajstić information content (AvgIpc) is 2.06. The highest BCUT2D eigenvalue weighted by Gasteiger charge is 2.13. The van der Waals surface area contributed by atoms with Gasteiger partial charge in [0.2, 0.25) is 0 Å². The molecular weight excluding hydrogens is 196 g/mol. The molecule has 0 N–H and O–H groups in total. The summed E-state index contributed by atoms with van der Waals surface area (Å²) in [7, 11) is 0. The summed E-state index contributed by atoms with van der Waals surface area (Å²) in [6, 6.07) is 5.64. The Kier molecular flexibility index (Phi) is 3.22. The second-order valence-electron chi connectivity index (χ2n) is 4.11. The lowest BCUT2D eigenvalue weighted by molar-refractivity contribution is 0.131. The molecule has 0 atom stereocenters. The van der Waals surface area contributed by atoms with Crippen molar-refractivity contribution in [2.75, 3.05) is 0 Å². The minimum atomic E-state index is -0.223. The molecule has 0 fully saturated rings. The van der Waals surface area contributed by atoms with Crippen LogP contribution in [0.15, 0.2) is 24.8 Å². The summed E-state index contributed by atoms with van der Waals surface area (Å²) in [5.74, 6) is 0.713. The first-order valence-corrected chi connectivity index (χ1v) is 4.91. The molecule has 1 nitrogen and oxygen atoms in total. The first-order chi connectivity index (χ1) is 6.42. The molecule has 14 heavy (non-hydrogen) atoms. The summed E-state index contributed by atoms with van der Waals surface area (Å²) in [5, 5.41) is 0.623. The number of halogens is 1. The van der Waals surface area contributed by atoms with Crippen LogP contribution in [0.4, 0.5) is 0 Å². The van der Waals surface area contributed by atoms with E-state index in [2.05, 4.69) is 6.58 Å². The van der Waals surface area contributed by atoms with Gasteiger partial charge in [0.15, 0.2) is 0 Å². The molecule has 0 aromatic heterocycles. The Hall–Kier alpha value is -0.950. The maximum absolute atomic E-state index is 6.04. The standard InChI is InChI=1S/C12H15ClO/c1-5-9-6-7-11(10(13)8-9)14-12(2,3)4/h5-8H,1H2,2-4H3. The summed E-state index contributed by atoms with van der Waals surface area (Å²) in [4.78, 5) is 0. The van der Waals surface area contributed by atoms with Crippen LogP contribution in [0.2, 0.25) is 5.02 Å². The van der Waals surface area contributed by atoms with Crippen LogP contribution in [-0.2, 0) is 0 Å². The highest BCUT2D eigenvalue weighted by molar-refractivity contribution is 6.32. The minimum Gasteiger partial charge on any atom is -0.487 e. The highest BCUT2D eigenvalue weighted by atomic mass is 35.5. The van der Waals surface area contributed by atoms with Crippen LogP contribution in [0.3, 0.4) is 0 Å². The van der Waals surface area contributed by atoms with Crippen molar-refractivity contribution in [3.8, 4) is 5.75 Å². The zero-order chi connectivity index (χ0) is 10.8.